The van der Waals surface area contributed by atoms with Crippen LogP contribution in [0.4, 0.5) is 0 Å². The van der Waals surface area contributed by atoms with E-state index < -0.39 is 5.97 Å². The molecule has 8 heteroatoms. The van der Waals surface area contributed by atoms with Crippen LogP contribution >= 0.6 is 15.9 Å². The van der Waals surface area contributed by atoms with E-state index in [1.807, 2.05) is 30.0 Å². The van der Waals surface area contributed by atoms with Gasteiger partial charge >= 0.3 is 5.97 Å². The van der Waals surface area contributed by atoms with Crippen LogP contribution in [0.25, 0.3) is 11.5 Å². The molecule has 1 aromatic carbocycles. The minimum Gasteiger partial charge on any atom is -0.481 e. The third kappa shape index (κ3) is 3.51. The second kappa shape index (κ2) is 7.09. The summed E-state index contributed by atoms with van der Waals surface area (Å²) in [6, 6.07) is 5.89. The van der Waals surface area contributed by atoms with E-state index in [0.29, 0.717) is 38.5 Å². The zero-order valence-corrected chi connectivity index (χ0v) is 16.5. The molecule has 0 saturated carbocycles. The molecule has 4 rings (SSSR count). The van der Waals surface area contributed by atoms with Crippen molar-refractivity contribution in [1.29, 1.82) is 0 Å². The number of benzene rings is 1. The summed E-state index contributed by atoms with van der Waals surface area (Å²) < 4.78 is 6.93. The van der Waals surface area contributed by atoms with E-state index in [-0.39, 0.29) is 18.4 Å². The highest BCUT2D eigenvalue weighted by Gasteiger charge is 2.33. The number of oxazole rings is 1. The number of carbonyl (C=O) groups excluding carboxylic acids is 1. The van der Waals surface area contributed by atoms with Gasteiger partial charge in [0.1, 0.15) is 11.5 Å². The van der Waals surface area contributed by atoms with Crippen LogP contribution in [0.3, 0.4) is 0 Å². The summed E-state index contributed by atoms with van der Waals surface area (Å²) in [6.07, 6.45) is 0.597. The number of fused-ring (bicyclic) bond motifs is 1. The quantitative estimate of drug-likeness (QED) is 0.797. The summed E-state index contributed by atoms with van der Waals surface area (Å²) in [5, 5.41) is 9.08. The molecule has 1 amide bonds. The highest BCUT2D eigenvalue weighted by atomic mass is 79.9. The van der Waals surface area contributed by atoms with Crippen LogP contribution in [0.5, 0.6) is 0 Å². The summed E-state index contributed by atoms with van der Waals surface area (Å²) >= 11 is 3.52. The molecule has 142 valence electrons. The lowest BCUT2D eigenvalue weighted by Crippen LogP contribution is -2.37. The molecule has 1 N–H and O–H groups in total. The zero-order chi connectivity index (χ0) is 19.1. The Morgan fingerprint density at radius 1 is 1.37 bits per heavy atom. The van der Waals surface area contributed by atoms with Crippen molar-refractivity contribution < 1.29 is 19.1 Å². The molecule has 0 spiro atoms. The van der Waals surface area contributed by atoms with Gasteiger partial charge in [-0.25, -0.2) is 4.98 Å². The Morgan fingerprint density at radius 2 is 2.19 bits per heavy atom. The third-order valence-corrected chi connectivity index (χ3v) is 6.14. The number of halogens is 1. The predicted octanol–water partition coefficient (Wildman–Crippen LogP) is 2.66. The maximum absolute atomic E-state index is 12.6. The Labute approximate surface area is 165 Å². The van der Waals surface area contributed by atoms with E-state index >= 15 is 0 Å². The molecule has 0 radical (unpaired) electrons. The second-order valence-electron chi connectivity index (χ2n) is 7.11. The average molecular weight is 434 g/mol. The maximum Gasteiger partial charge on any atom is 0.307 e. The molecule has 1 atom stereocenters. The van der Waals surface area contributed by atoms with Gasteiger partial charge in [0.05, 0.1) is 25.6 Å². The van der Waals surface area contributed by atoms with E-state index in [9.17, 15) is 9.59 Å². The third-order valence-electron chi connectivity index (χ3n) is 5.28. The molecule has 1 aromatic heterocycles. The van der Waals surface area contributed by atoms with E-state index in [0.717, 1.165) is 27.1 Å². The smallest absolute Gasteiger partial charge is 0.307 e. The first-order valence-corrected chi connectivity index (χ1v) is 9.68. The first-order chi connectivity index (χ1) is 12.9. The molecule has 3 heterocycles. The predicted molar refractivity (Wildman–Crippen MR) is 101 cm³/mol. The standard InChI is InChI=1S/C19H20BrN3O4/c1-11-13(3-2-4-14(11)20)18-21-15-8-23(9-16(15)27-18)17(24)10-22-6-5-12(7-22)19(25)26/h2-4,12H,5-10H2,1H3,(H,25,26). The van der Waals surface area contributed by atoms with E-state index in [2.05, 4.69) is 20.9 Å². The molecular weight excluding hydrogens is 414 g/mol. The Hall–Kier alpha value is -2.19. The van der Waals surface area contributed by atoms with Crippen LogP contribution in [-0.2, 0) is 22.7 Å². The monoisotopic (exact) mass is 433 g/mol. The SMILES string of the molecule is Cc1c(Br)cccc1-c1nc2c(o1)CN(C(=O)CN1CCC(C(=O)O)C1)C2. The molecule has 1 unspecified atom stereocenters. The topological polar surface area (TPSA) is 86.9 Å². The minimum absolute atomic E-state index is 0.0191. The van der Waals surface area contributed by atoms with Gasteiger partial charge in [-0.3, -0.25) is 14.5 Å². The fraction of sp³-hybridized carbons (Fsp3) is 0.421. The van der Waals surface area contributed by atoms with Crippen LogP contribution < -0.4 is 0 Å². The van der Waals surface area contributed by atoms with Crippen molar-refractivity contribution in [1.82, 2.24) is 14.8 Å². The van der Waals surface area contributed by atoms with Crippen LogP contribution in [0.2, 0.25) is 0 Å². The van der Waals surface area contributed by atoms with E-state index in [1.165, 1.54) is 0 Å². The number of carboxylic acid groups (broad SMARTS) is 1. The van der Waals surface area contributed by atoms with Gasteiger partial charge in [0.25, 0.3) is 0 Å². The molecule has 1 saturated heterocycles. The van der Waals surface area contributed by atoms with Crippen molar-refractivity contribution in [2.75, 3.05) is 19.6 Å². The largest absolute Gasteiger partial charge is 0.481 e. The van der Waals surface area contributed by atoms with Gasteiger partial charge in [-0.05, 0) is 37.6 Å². The summed E-state index contributed by atoms with van der Waals surface area (Å²) in [7, 11) is 0. The number of aromatic nitrogens is 1. The van der Waals surface area contributed by atoms with Gasteiger partial charge in [-0.1, -0.05) is 22.0 Å². The van der Waals surface area contributed by atoms with Crippen LogP contribution in [0, 0.1) is 12.8 Å². The first kappa shape index (κ1) is 18.2. The molecular formula is C19H20BrN3O4. The summed E-state index contributed by atoms with van der Waals surface area (Å²) in [5.41, 5.74) is 2.79. The number of aliphatic carboxylic acids is 1. The normalized spacial score (nSPS) is 19.5. The molecule has 7 nitrogen and oxygen atoms in total. The summed E-state index contributed by atoms with van der Waals surface area (Å²) in [6.45, 7) is 4.16. The number of likely N-dealkylation sites (tertiary alicyclic amines) is 1. The highest BCUT2D eigenvalue weighted by Crippen LogP contribution is 2.32. The van der Waals surface area contributed by atoms with Crippen LogP contribution in [-0.4, -0.2) is 51.4 Å². The zero-order valence-electron chi connectivity index (χ0n) is 14.9. The Kier molecular flexibility index (Phi) is 4.77. The number of amides is 1. The number of carbonyl (C=O) groups is 2. The van der Waals surface area contributed by atoms with Gasteiger partial charge in [0, 0.05) is 16.6 Å². The summed E-state index contributed by atoms with van der Waals surface area (Å²) in [5.74, 6) is 0.125. The Bertz CT molecular complexity index is 887. The van der Waals surface area contributed by atoms with E-state index in [1.54, 1.807) is 4.90 Å². The fourth-order valence-corrected chi connectivity index (χ4v) is 4.01. The minimum atomic E-state index is -0.787. The van der Waals surface area contributed by atoms with Gasteiger partial charge in [-0.2, -0.15) is 0 Å². The van der Waals surface area contributed by atoms with Gasteiger partial charge < -0.3 is 14.4 Å². The molecule has 2 aromatic rings. The number of hydrogen-bond acceptors (Lipinski definition) is 5. The van der Waals surface area contributed by atoms with Crippen LogP contribution in [0.1, 0.15) is 23.4 Å². The van der Waals surface area contributed by atoms with E-state index in [4.69, 9.17) is 9.52 Å². The lowest BCUT2D eigenvalue weighted by Gasteiger charge is -2.20. The van der Waals surface area contributed by atoms with Crippen molar-refractivity contribution in [3.63, 3.8) is 0 Å². The molecule has 27 heavy (non-hydrogen) atoms. The lowest BCUT2D eigenvalue weighted by molar-refractivity contribution is -0.141. The van der Waals surface area contributed by atoms with Crippen molar-refractivity contribution in [3.8, 4) is 11.5 Å². The number of nitrogens with zero attached hydrogens (tertiary/aromatic N) is 3. The average Bonchev–Trinajstić information content (AvgIpc) is 3.31. The van der Waals surface area contributed by atoms with Gasteiger partial charge in [0.15, 0.2) is 0 Å². The number of carboxylic acids is 1. The molecule has 0 bridgehead atoms. The number of rotatable bonds is 4. The van der Waals surface area contributed by atoms with Crippen LogP contribution in [0.15, 0.2) is 27.1 Å². The fourth-order valence-electron chi connectivity index (χ4n) is 3.64. The second-order valence-corrected chi connectivity index (χ2v) is 7.96. The van der Waals surface area contributed by atoms with Crippen molar-refractivity contribution >= 4 is 27.8 Å². The van der Waals surface area contributed by atoms with Gasteiger partial charge in [-0.15, -0.1) is 0 Å². The molecule has 0 aliphatic carbocycles. The first-order valence-electron chi connectivity index (χ1n) is 8.89. The number of hydrogen-bond donors (Lipinski definition) is 1. The molecule has 1 fully saturated rings. The maximum atomic E-state index is 12.6. The van der Waals surface area contributed by atoms with Gasteiger partial charge in [0.2, 0.25) is 11.8 Å². The summed E-state index contributed by atoms with van der Waals surface area (Å²) in [4.78, 5) is 31.8. The van der Waals surface area contributed by atoms with Crippen molar-refractivity contribution in [3.05, 3.63) is 39.7 Å². The Morgan fingerprint density at radius 3 is 2.89 bits per heavy atom. The van der Waals surface area contributed by atoms with Crippen molar-refractivity contribution in [2.24, 2.45) is 5.92 Å². The highest BCUT2D eigenvalue weighted by molar-refractivity contribution is 9.10. The van der Waals surface area contributed by atoms with Crippen molar-refractivity contribution in [2.45, 2.75) is 26.4 Å². The lowest BCUT2D eigenvalue weighted by atomic mass is 10.1. The Balaban J connectivity index is 1.40. The molecule has 2 aliphatic rings. The molecule has 2 aliphatic heterocycles.